The highest BCUT2D eigenvalue weighted by molar-refractivity contribution is 4.97. The molecule has 1 heterocycles. The van der Waals surface area contributed by atoms with Crippen molar-refractivity contribution < 1.29 is 0 Å². The molecule has 4 heteroatoms. The van der Waals surface area contributed by atoms with Crippen molar-refractivity contribution in [3.63, 3.8) is 0 Å². The van der Waals surface area contributed by atoms with Crippen molar-refractivity contribution in [3.05, 3.63) is 18.2 Å². The van der Waals surface area contributed by atoms with Crippen LogP contribution in [0.15, 0.2) is 12.4 Å². The van der Waals surface area contributed by atoms with Gasteiger partial charge in [-0.05, 0) is 19.5 Å². The summed E-state index contributed by atoms with van der Waals surface area (Å²) in [6, 6.07) is 0.0469. The highest BCUT2D eigenvalue weighted by Crippen LogP contribution is 2.11. The normalized spacial score (nSPS) is 13.4. The van der Waals surface area contributed by atoms with Gasteiger partial charge < -0.3 is 15.2 Å². The first-order valence-corrected chi connectivity index (χ1v) is 5.64. The van der Waals surface area contributed by atoms with E-state index < -0.39 is 0 Å². The Morgan fingerprint density at radius 3 is 2.60 bits per heavy atom. The zero-order chi connectivity index (χ0) is 11.3. The monoisotopic (exact) mass is 210 g/mol. The molecule has 4 nitrogen and oxygen atoms in total. The molecule has 1 atom stereocenters. The first-order chi connectivity index (χ1) is 7.19. The standard InChI is InChI=1S/C11H22N4/c1-4-15(5-2)8-6-10(12)11-13-7-9-14(11)3/h7,9-10H,4-6,8,12H2,1-3H3. The molecule has 0 radical (unpaired) electrons. The fraction of sp³-hybridized carbons (Fsp3) is 0.727. The van der Waals surface area contributed by atoms with Crippen molar-refractivity contribution in [2.24, 2.45) is 12.8 Å². The largest absolute Gasteiger partial charge is 0.337 e. The third kappa shape index (κ3) is 3.32. The van der Waals surface area contributed by atoms with Gasteiger partial charge in [0.15, 0.2) is 0 Å². The van der Waals surface area contributed by atoms with Crippen LogP contribution < -0.4 is 5.73 Å². The van der Waals surface area contributed by atoms with E-state index in [-0.39, 0.29) is 6.04 Å². The van der Waals surface area contributed by atoms with Gasteiger partial charge in [0.05, 0.1) is 6.04 Å². The predicted octanol–water partition coefficient (Wildman–Crippen LogP) is 1.15. The Hall–Kier alpha value is -0.870. The molecule has 0 aliphatic carbocycles. The molecule has 1 rings (SSSR count). The molecule has 15 heavy (non-hydrogen) atoms. The van der Waals surface area contributed by atoms with Gasteiger partial charge in [0.25, 0.3) is 0 Å². The molecule has 0 aliphatic heterocycles. The van der Waals surface area contributed by atoms with Crippen LogP contribution in [0.2, 0.25) is 0 Å². The zero-order valence-corrected chi connectivity index (χ0v) is 9.98. The molecule has 0 fully saturated rings. The van der Waals surface area contributed by atoms with Gasteiger partial charge in [-0.15, -0.1) is 0 Å². The molecule has 1 unspecified atom stereocenters. The highest BCUT2D eigenvalue weighted by atomic mass is 15.1. The van der Waals surface area contributed by atoms with E-state index in [4.69, 9.17) is 5.73 Å². The number of nitrogens with two attached hydrogens (primary N) is 1. The van der Waals surface area contributed by atoms with Crippen molar-refractivity contribution in [3.8, 4) is 0 Å². The summed E-state index contributed by atoms with van der Waals surface area (Å²) in [6.45, 7) is 7.57. The molecule has 1 aromatic rings. The Morgan fingerprint density at radius 2 is 2.13 bits per heavy atom. The van der Waals surface area contributed by atoms with Crippen LogP contribution in [0.1, 0.15) is 32.1 Å². The molecule has 1 aromatic heterocycles. The van der Waals surface area contributed by atoms with E-state index in [1.165, 1.54) is 0 Å². The summed E-state index contributed by atoms with van der Waals surface area (Å²) in [6.07, 6.45) is 4.70. The van der Waals surface area contributed by atoms with E-state index in [9.17, 15) is 0 Å². The second-order valence-corrected chi connectivity index (χ2v) is 3.82. The van der Waals surface area contributed by atoms with Crippen molar-refractivity contribution in [1.29, 1.82) is 0 Å². The minimum absolute atomic E-state index is 0.0469. The first kappa shape index (κ1) is 12.2. The van der Waals surface area contributed by atoms with Gasteiger partial charge in [-0.3, -0.25) is 0 Å². The minimum atomic E-state index is 0.0469. The number of aromatic nitrogens is 2. The van der Waals surface area contributed by atoms with Crippen LogP contribution in [0, 0.1) is 0 Å². The van der Waals surface area contributed by atoms with Crippen molar-refractivity contribution in [2.45, 2.75) is 26.3 Å². The Kier molecular flexibility index (Phi) is 4.78. The third-order valence-electron chi connectivity index (χ3n) is 2.84. The topological polar surface area (TPSA) is 47.1 Å². The molecule has 0 bridgehead atoms. The molecule has 0 spiro atoms. The highest BCUT2D eigenvalue weighted by Gasteiger charge is 2.11. The fourth-order valence-electron chi connectivity index (χ4n) is 1.73. The van der Waals surface area contributed by atoms with Crippen LogP contribution in [0.5, 0.6) is 0 Å². The SMILES string of the molecule is CCN(CC)CCC(N)c1nccn1C. The summed E-state index contributed by atoms with van der Waals surface area (Å²) < 4.78 is 1.99. The Balaban J connectivity index is 2.42. The van der Waals surface area contributed by atoms with E-state index in [1.54, 1.807) is 6.20 Å². The van der Waals surface area contributed by atoms with E-state index in [1.807, 2.05) is 17.8 Å². The number of nitrogens with zero attached hydrogens (tertiary/aromatic N) is 3. The van der Waals surface area contributed by atoms with Crippen LogP contribution in [0.25, 0.3) is 0 Å². The van der Waals surface area contributed by atoms with Gasteiger partial charge in [0.1, 0.15) is 5.82 Å². The van der Waals surface area contributed by atoms with Gasteiger partial charge in [-0.1, -0.05) is 13.8 Å². The fourth-order valence-corrected chi connectivity index (χ4v) is 1.73. The average Bonchev–Trinajstić information content (AvgIpc) is 2.66. The molecule has 0 aliphatic rings. The predicted molar refractivity (Wildman–Crippen MR) is 62.5 cm³/mol. The van der Waals surface area contributed by atoms with Crippen molar-refractivity contribution in [2.75, 3.05) is 19.6 Å². The zero-order valence-electron chi connectivity index (χ0n) is 9.98. The summed E-state index contributed by atoms with van der Waals surface area (Å²) in [7, 11) is 1.99. The van der Waals surface area contributed by atoms with E-state index in [0.29, 0.717) is 0 Å². The lowest BCUT2D eigenvalue weighted by Crippen LogP contribution is -2.27. The summed E-state index contributed by atoms with van der Waals surface area (Å²) in [5.74, 6) is 0.974. The average molecular weight is 210 g/mol. The molecule has 0 aromatic carbocycles. The number of aryl methyl sites for hydroxylation is 1. The summed E-state index contributed by atoms with van der Waals surface area (Å²) in [5, 5.41) is 0. The van der Waals surface area contributed by atoms with Crippen molar-refractivity contribution in [1.82, 2.24) is 14.5 Å². The maximum Gasteiger partial charge on any atom is 0.125 e. The van der Waals surface area contributed by atoms with Gasteiger partial charge in [0.2, 0.25) is 0 Å². The van der Waals surface area contributed by atoms with Crippen LogP contribution in [-0.4, -0.2) is 34.1 Å². The lowest BCUT2D eigenvalue weighted by Gasteiger charge is -2.20. The van der Waals surface area contributed by atoms with Crippen LogP contribution in [-0.2, 0) is 7.05 Å². The Morgan fingerprint density at radius 1 is 1.47 bits per heavy atom. The second-order valence-electron chi connectivity index (χ2n) is 3.82. The maximum absolute atomic E-state index is 6.09. The van der Waals surface area contributed by atoms with Crippen LogP contribution in [0.4, 0.5) is 0 Å². The molecular formula is C11H22N4. The van der Waals surface area contributed by atoms with E-state index in [0.717, 1.165) is 31.9 Å². The van der Waals surface area contributed by atoms with Gasteiger partial charge in [-0.25, -0.2) is 4.98 Å². The van der Waals surface area contributed by atoms with Crippen molar-refractivity contribution >= 4 is 0 Å². The van der Waals surface area contributed by atoms with Crippen LogP contribution in [0.3, 0.4) is 0 Å². The lowest BCUT2D eigenvalue weighted by atomic mass is 10.2. The number of hydrogen-bond acceptors (Lipinski definition) is 3. The van der Waals surface area contributed by atoms with E-state index >= 15 is 0 Å². The third-order valence-corrected chi connectivity index (χ3v) is 2.84. The minimum Gasteiger partial charge on any atom is -0.337 e. The quantitative estimate of drug-likeness (QED) is 0.766. The summed E-state index contributed by atoms with van der Waals surface area (Å²) >= 11 is 0. The number of hydrogen-bond donors (Lipinski definition) is 1. The number of rotatable bonds is 6. The Bertz CT molecular complexity index is 278. The Labute approximate surface area is 92.1 Å². The molecule has 2 N–H and O–H groups in total. The summed E-state index contributed by atoms with van der Waals surface area (Å²) in [5.41, 5.74) is 6.09. The molecular weight excluding hydrogens is 188 g/mol. The van der Waals surface area contributed by atoms with Gasteiger partial charge in [0, 0.05) is 26.0 Å². The van der Waals surface area contributed by atoms with Crippen LogP contribution >= 0.6 is 0 Å². The maximum atomic E-state index is 6.09. The molecule has 86 valence electrons. The van der Waals surface area contributed by atoms with E-state index in [2.05, 4.69) is 23.7 Å². The molecule has 0 saturated carbocycles. The smallest absolute Gasteiger partial charge is 0.125 e. The van der Waals surface area contributed by atoms with Gasteiger partial charge in [-0.2, -0.15) is 0 Å². The lowest BCUT2D eigenvalue weighted by molar-refractivity contribution is 0.288. The first-order valence-electron chi connectivity index (χ1n) is 5.64. The summed E-state index contributed by atoms with van der Waals surface area (Å²) in [4.78, 5) is 6.64. The van der Waals surface area contributed by atoms with Gasteiger partial charge >= 0.3 is 0 Å². The molecule has 0 saturated heterocycles. The second kappa shape index (κ2) is 5.88. The molecule has 0 amide bonds. The number of imidazole rings is 1.